The number of likely N-dealkylation sites (N-methyl/N-ethyl adjacent to an activating group) is 1. The molecule has 1 aromatic rings. The molecule has 3 nitrogen and oxygen atoms in total. The number of halogens is 1. The van der Waals surface area contributed by atoms with Crippen molar-refractivity contribution in [2.24, 2.45) is 5.41 Å². The van der Waals surface area contributed by atoms with E-state index in [1.54, 1.807) is 0 Å². The van der Waals surface area contributed by atoms with E-state index < -0.39 is 0 Å². The van der Waals surface area contributed by atoms with E-state index in [2.05, 4.69) is 42.6 Å². The van der Waals surface area contributed by atoms with Crippen LogP contribution in [-0.2, 0) is 11.2 Å². The van der Waals surface area contributed by atoms with E-state index in [0.717, 1.165) is 32.4 Å². The van der Waals surface area contributed by atoms with Crippen LogP contribution in [0.1, 0.15) is 25.3 Å². The maximum atomic E-state index is 11.9. The molecule has 4 heteroatoms. The molecule has 1 saturated heterocycles. The van der Waals surface area contributed by atoms with E-state index in [0.29, 0.717) is 6.54 Å². The number of carbonyl (C=O) groups excluding carboxylic acids is 1. The fraction of sp³-hybridized carbons (Fsp3) is 0.562. The highest BCUT2D eigenvalue weighted by Crippen LogP contribution is 2.34. The van der Waals surface area contributed by atoms with E-state index >= 15 is 0 Å². The quantitative estimate of drug-likeness (QED) is 0.905. The summed E-state index contributed by atoms with van der Waals surface area (Å²) in [7, 11) is 1.82. The topological polar surface area (TPSA) is 32.3 Å². The van der Waals surface area contributed by atoms with Crippen LogP contribution in [0.3, 0.4) is 0 Å². The van der Waals surface area contributed by atoms with Gasteiger partial charge >= 0.3 is 0 Å². The largest absolute Gasteiger partial charge is 0.341 e. The fourth-order valence-corrected chi connectivity index (χ4v) is 2.79. The third-order valence-electron chi connectivity index (χ3n) is 4.10. The van der Waals surface area contributed by atoms with Crippen molar-refractivity contribution >= 4 is 18.3 Å². The summed E-state index contributed by atoms with van der Waals surface area (Å²) >= 11 is 0. The van der Waals surface area contributed by atoms with Crippen molar-refractivity contribution in [2.45, 2.75) is 26.2 Å². The Balaban J connectivity index is 0.00000200. The van der Waals surface area contributed by atoms with Crippen LogP contribution in [0.25, 0.3) is 0 Å². The highest BCUT2D eigenvalue weighted by molar-refractivity contribution is 5.85. The molecule has 0 spiro atoms. The number of hydrogen-bond donors (Lipinski definition) is 1. The average molecular weight is 297 g/mol. The van der Waals surface area contributed by atoms with Crippen molar-refractivity contribution in [3.8, 4) is 0 Å². The van der Waals surface area contributed by atoms with E-state index in [4.69, 9.17) is 0 Å². The molecule has 2 rings (SSSR count). The lowest BCUT2D eigenvalue weighted by molar-refractivity contribution is -0.129. The Labute approximate surface area is 128 Å². The molecule has 0 saturated carbocycles. The molecular weight excluding hydrogens is 272 g/mol. The number of carbonyl (C=O) groups is 1. The number of benzene rings is 1. The lowest BCUT2D eigenvalue weighted by atomic mass is 9.83. The molecule has 1 aromatic carbocycles. The van der Waals surface area contributed by atoms with Gasteiger partial charge in [-0.25, -0.2) is 0 Å². The molecule has 20 heavy (non-hydrogen) atoms. The van der Waals surface area contributed by atoms with E-state index in [1.165, 1.54) is 5.56 Å². The summed E-state index contributed by atoms with van der Waals surface area (Å²) < 4.78 is 0. The van der Waals surface area contributed by atoms with Crippen LogP contribution in [0.15, 0.2) is 30.3 Å². The van der Waals surface area contributed by atoms with E-state index in [1.807, 2.05) is 11.9 Å². The second-order valence-electron chi connectivity index (χ2n) is 5.89. The Morgan fingerprint density at radius 2 is 2.05 bits per heavy atom. The number of nitrogens with zero attached hydrogens (tertiary/aromatic N) is 1. The first-order valence-electron chi connectivity index (χ1n) is 7.09. The minimum absolute atomic E-state index is 0. The molecule has 1 aliphatic heterocycles. The van der Waals surface area contributed by atoms with Crippen molar-refractivity contribution < 1.29 is 4.79 Å². The van der Waals surface area contributed by atoms with Crippen molar-refractivity contribution in [1.29, 1.82) is 0 Å². The predicted molar refractivity (Wildman–Crippen MR) is 85.2 cm³/mol. The summed E-state index contributed by atoms with van der Waals surface area (Å²) in [5.41, 5.74) is 1.67. The number of nitrogens with one attached hydrogen (secondary N) is 1. The predicted octanol–water partition coefficient (Wildman–Crippen LogP) is 2.50. The zero-order chi connectivity index (χ0) is 13.7. The summed E-state index contributed by atoms with van der Waals surface area (Å²) in [6, 6.07) is 10.6. The number of likely N-dealkylation sites (tertiary alicyclic amines) is 1. The van der Waals surface area contributed by atoms with Crippen LogP contribution in [0.5, 0.6) is 0 Å². The Bertz CT molecular complexity index is 424. The number of aryl methyl sites for hydroxylation is 1. The summed E-state index contributed by atoms with van der Waals surface area (Å²) in [5.74, 6) is 0.228. The molecule has 1 fully saturated rings. The SMILES string of the molecule is CNCC(=O)N1CCC(C)(CCc2ccccc2)C1.Cl. The highest BCUT2D eigenvalue weighted by atomic mass is 35.5. The molecule has 1 heterocycles. The summed E-state index contributed by atoms with van der Waals surface area (Å²) in [6.07, 6.45) is 3.38. The normalized spacial score (nSPS) is 21.6. The lowest BCUT2D eigenvalue weighted by Crippen LogP contribution is -2.36. The molecule has 0 bridgehead atoms. The number of rotatable bonds is 5. The molecule has 1 atom stereocenters. The van der Waals surface area contributed by atoms with Crippen molar-refractivity contribution in [3.63, 3.8) is 0 Å². The number of hydrogen-bond acceptors (Lipinski definition) is 2. The van der Waals surface area contributed by atoms with Gasteiger partial charge in [0.2, 0.25) is 5.91 Å². The molecule has 0 radical (unpaired) electrons. The van der Waals surface area contributed by atoms with Crippen LogP contribution in [0, 0.1) is 5.41 Å². The zero-order valence-corrected chi connectivity index (χ0v) is 13.2. The number of amides is 1. The van der Waals surface area contributed by atoms with E-state index in [9.17, 15) is 4.79 Å². The Hall–Kier alpha value is -1.06. The second kappa shape index (κ2) is 7.65. The van der Waals surface area contributed by atoms with Crippen LogP contribution >= 0.6 is 12.4 Å². The second-order valence-corrected chi connectivity index (χ2v) is 5.89. The minimum atomic E-state index is 0. The van der Waals surface area contributed by atoms with Crippen LogP contribution in [0.2, 0.25) is 0 Å². The lowest BCUT2D eigenvalue weighted by Gasteiger charge is -2.24. The summed E-state index contributed by atoms with van der Waals surface area (Å²) in [4.78, 5) is 13.9. The Kier molecular flexibility index (Phi) is 6.50. The van der Waals surface area contributed by atoms with Gasteiger partial charge in [-0.3, -0.25) is 4.79 Å². The smallest absolute Gasteiger partial charge is 0.236 e. The maximum absolute atomic E-state index is 11.9. The zero-order valence-electron chi connectivity index (χ0n) is 12.4. The summed E-state index contributed by atoms with van der Waals surface area (Å²) in [5, 5.41) is 2.94. The first-order valence-corrected chi connectivity index (χ1v) is 7.09. The van der Waals surface area contributed by atoms with Gasteiger partial charge in [-0.15, -0.1) is 12.4 Å². The molecule has 0 aliphatic carbocycles. The van der Waals surface area contributed by atoms with Gasteiger partial charge in [0, 0.05) is 13.1 Å². The Morgan fingerprint density at radius 3 is 2.70 bits per heavy atom. The van der Waals surface area contributed by atoms with Crippen molar-refractivity contribution in [3.05, 3.63) is 35.9 Å². The van der Waals surface area contributed by atoms with Gasteiger partial charge in [-0.05, 0) is 37.3 Å². The fourth-order valence-electron chi connectivity index (χ4n) is 2.79. The minimum Gasteiger partial charge on any atom is -0.341 e. The van der Waals surface area contributed by atoms with E-state index in [-0.39, 0.29) is 23.7 Å². The Morgan fingerprint density at radius 1 is 1.35 bits per heavy atom. The molecule has 0 aromatic heterocycles. The van der Waals surface area contributed by atoms with Crippen molar-refractivity contribution in [2.75, 3.05) is 26.7 Å². The van der Waals surface area contributed by atoms with Gasteiger partial charge in [-0.1, -0.05) is 37.3 Å². The van der Waals surface area contributed by atoms with Crippen molar-refractivity contribution in [1.82, 2.24) is 10.2 Å². The van der Waals surface area contributed by atoms with Gasteiger partial charge < -0.3 is 10.2 Å². The first-order chi connectivity index (χ1) is 9.13. The van der Waals surface area contributed by atoms with Gasteiger partial charge in [0.25, 0.3) is 0 Å². The highest BCUT2D eigenvalue weighted by Gasteiger charge is 2.35. The van der Waals surface area contributed by atoms with Gasteiger partial charge in [0.05, 0.1) is 6.54 Å². The van der Waals surface area contributed by atoms with Crippen LogP contribution in [-0.4, -0.2) is 37.5 Å². The molecule has 1 amide bonds. The van der Waals surface area contributed by atoms with Crippen LogP contribution in [0.4, 0.5) is 0 Å². The summed E-state index contributed by atoms with van der Waals surface area (Å²) in [6.45, 7) is 4.57. The molecule has 1 N–H and O–H groups in total. The monoisotopic (exact) mass is 296 g/mol. The standard InChI is InChI=1S/C16H24N2O.ClH/c1-16(9-8-14-6-4-3-5-7-14)10-11-18(13-16)15(19)12-17-2;/h3-7,17H,8-13H2,1-2H3;1H. The van der Waals surface area contributed by atoms with Gasteiger partial charge in [0.15, 0.2) is 0 Å². The maximum Gasteiger partial charge on any atom is 0.236 e. The molecule has 1 unspecified atom stereocenters. The third-order valence-corrected chi connectivity index (χ3v) is 4.10. The molecule has 112 valence electrons. The average Bonchev–Trinajstić information content (AvgIpc) is 2.81. The first kappa shape index (κ1) is 17.0. The van der Waals surface area contributed by atoms with Gasteiger partial charge in [0.1, 0.15) is 0 Å². The van der Waals surface area contributed by atoms with Crippen LogP contribution < -0.4 is 5.32 Å². The molecule has 1 aliphatic rings. The molecular formula is C16H25ClN2O. The van der Waals surface area contributed by atoms with Gasteiger partial charge in [-0.2, -0.15) is 0 Å². The third kappa shape index (κ3) is 4.50.